The van der Waals surface area contributed by atoms with Gasteiger partial charge in [-0.3, -0.25) is 13.9 Å². The molecule has 9 heteroatoms. The van der Waals surface area contributed by atoms with Crippen LogP contribution in [0.4, 0.5) is 11.4 Å². The molecule has 8 nitrogen and oxygen atoms in total. The molecule has 0 saturated carbocycles. The van der Waals surface area contributed by atoms with Gasteiger partial charge < -0.3 is 5.32 Å². The van der Waals surface area contributed by atoms with Crippen LogP contribution >= 0.6 is 0 Å². The quantitative estimate of drug-likeness (QED) is 0.396. The molecule has 0 heterocycles. The van der Waals surface area contributed by atoms with Crippen molar-refractivity contribution in [3.63, 3.8) is 0 Å². The zero-order valence-electron chi connectivity index (χ0n) is 19.4. The van der Waals surface area contributed by atoms with E-state index in [0.29, 0.717) is 22.6 Å². The number of carbonyl (C=O) groups is 2. The van der Waals surface area contributed by atoms with Crippen LogP contribution in [0.25, 0.3) is 0 Å². The molecule has 3 aromatic carbocycles. The van der Waals surface area contributed by atoms with Crippen LogP contribution in [0.5, 0.6) is 0 Å². The summed E-state index contributed by atoms with van der Waals surface area (Å²) < 4.78 is 26.9. The van der Waals surface area contributed by atoms with Gasteiger partial charge >= 0.3 is 0 Å². The van der Waals surface area contributed by atoms with Crippen LogP contribution in [-0.4, -0.2) is 33.0 Å². The van der Waals surface area contributed by atoms with Crippen molar-refractivity contribution in [3.8, 4) is 0 Å². The van der Waals surface area contributed by atoms with Crippen LogP contribution in [0, 0.1) is 6.92 Å². The molecule has 2 amide bonds. The molecule has 0 aromatic heterocycles. The third-order valence-corrected chi connectivity index (χ3v) is 6.90. The van der Waals surface area contributed by atoms with E-state index in [1.165, 1.54) is 30.4 Å². The van der Waals surface area contributed by atoms with Gasteiger partial charge in [0.05, 0.1) is 16.3 Å². The van der Waals surface area contributed by atoms with Gasteiger partial charge in [-0.25, -0.2) is 13.8 Å². The van der Waals surface area contributed by atoms with Crippen LogP contribution in [0.1, 0.15) is 35.3 Å². The number of amides is 2. The van der Waals surface area contributed by atoms with E-state index < -0.39 is 15.9 Å². The Balaban J connectivity index is 1.70. The van der Waals surface area contributed by atoms with Crippen molar-refractivity contribution in [2.45, 2.75) is 25.7 Å². The van der Waals surface area contributed by atoms with Crippen molar-refractivity contribution in [2.24, 2.45) is 5.10 Å². The molecule has 34 heavy (non-hydrogen) atoms. The van der Waals surface area contributed by atoms with Crippen LogP contribution in [-0.2, 0) is 14.8 Å². The molecule has 176 valence electrons. The van der Waals surface area contributed by atoms with Crippen LogP contribution in [0.3, 0.4) is 0 Å². The number of sulfonamides is 1. The lowest BCUT2D eigenvalue weighted by molar-refractivity contribution is -0.114. The van der Waals surface area contributed by atoms with Crippen molar-refractivity contribution >= 4 is 38.9 Å². The second kappa shape index (κ2) is 10.3. The fraction of sp³-hybridized carbons (Fsp3) is 0.160. The number of anilines is 2. The SMILES string of the molecule is CC(=O)Nc1cccc(/C(C)=N\NC(=O)c2ccc(N(C)S(=O)(=O)c3ccc(C)cc3)cc2)c1. The van der Waals surface area contributed by atoms with Crippen LogP contribution in [0.2, 0.25) is 0 Å². The predicted molar refractivity (Wildman–Crippen MR) is 134 cm³/mol. The highest BCUT2D eigenvalue weighted by Gasteiger charge is 2.21. The molecule has 3 rings (SSSR count). The van der Waals surface area contributed by atoms with Crippen LogP contribution < -0.4 is 15.0 Å². The highest BCUT2D eigenvalue weighted by Crippen LogP contribution is 2.22. The number of nitrogens with zero attached hydrogens (tertiary/aromatic N) is 2. The Hall–Kier alpha value is -3.98. The Morgan fingerprint density at radius 3 is 2.15 bits per heavy atom. The summed E-state index contributed by atoms with van der Waals surface area (Å²) in [7, 11) is -2.26. The first-order chi connectivity index (χ1) is 16.1. The predicted octanol–water partition coefficient (Wildman–Crippen LogP) is 3.93. The molecule has 3 aromatic rings. The smallest absolute Gasteiger partial charge is 0.271 e. The number of benzene rings is 3. The molecular formula is C25H26N4O4S. The highest BCUT2D eigenvalue weighted by atomic mass is 32.2. The summed E-state index contributed by atoms with van der Waals surface area (Å²) in [6.45, 7) is 5.05. The van der Waals surface area contributed by atoms with E-state index in [0.717, 1.165) is 11.1 Å². The summed E-state index contributed by atoms with van der Waals surface area (Å²) in [5.41, 5.74) is 6.14. The molecule has 0 aliphatic heterocycles. The molecule has 0 aliphatic carbocycles. The molecule has 0 bridgehead atoms. The lowest BCUT2D eigenvalue weighted by Crippen LogP contribution is -2.26. The lowest BCUT2D eigenvalue weighted by atomic mass is 10.1. The fourth-order valence-electron chi connectivity index (χ4n) is 3.12. The standard InChI is InChI=1S/C25H26N4O4S/c1-17-8-14-24(15-9-17)34(32,33)29(4)23-12-10-20(11-13-23)25(31)28-27-18(2)21-6-5-7-22(16-21)26-19(3)30/h5-16H,1-4H3,(H,26,30)(H,28,31)/b27-18-. The van der Waals surface area contributed by atoms with E-state index >= 15 is 0 Å². The monoisotopic (exact) mass is 478 g/mol. The summed E-state index contributed by atoms with van der Waals surface area (Å²) in [6.07, 6.45) is 0. The minimum atomic E-state index is -3.72. The molecule has 0 aliphatic rings. The molecule has 0 atom stereocenters. The van der Waals surface area contributed by atoms with E-state index in [1.807, 2.05) is 13.0 Å². The molecule has 2 N–H and O–H groups in total. The van der Waals surface area contributed by atoms with Gasteiger partial charge in [-0.1, -0.05) is 29.8 Å². The Morgan fingerprint density at radius 2 is 1.53 bits per heavy atom. The first-order valence-corrected chi connectivity index (χ1v) is 11.9. The topological polar surface area (TPSA) is 108 Å². The number of hydrazone groups is 1. The first-order valence-electron chi connectivity index (χ1n) is 10.5. The van der Waals surface area contributed by atoms with Gasteiger partial charge in [0.2, 0.25) is 5.91 Å². The third kappa shape index (κ3) is 5.87. The Labute approximate surface area is 199 Å². The second-order valence-corrected chi connectivity index (χ2v) is 9.70. The summed E-state index contributed by atoms with van der Waals surface area (Å²) in [6, 6.07) is 19.9. The molecule has 0 fully saturated rings. The molecule has 0 saturated heterocycles. The summed E-state index contributed by atoms with van der Waals surface area (Å²) >= 11 is 0. The highest BCUT2D eigenvalue weighted by molar-refractivity contribution is 7.92. The average Bonchev–Trinajstić information content (AvgIpc) is 2.82. The third-order valence-electron chi connectivity index (χ3n) is 5.10. The van der Waals surface area contributed by atoms with Crippen LogP contribution in [0.15, 0.2) is 82.8 Å². The maximum Gasteiger partial charge on any atom is 0.271 e. The van der Waals surface area contributed by atoms with Gasteiger partial charge in [-0.05, 0) is 67.9 Å². The second-order valence-electron chi connectivity index (χ2n) is 7.73. The number of hydrogen-bond acceptors (Lipinski definition) is 5. The number of nitrogens with one attached hydrogen (secondary N) is 2. The maximum atomic E-state index is 12.9. The van der Waals surface area contributed by atoms with Gasteiger partial charge in [-0.2, -0.15) is 5.10 Å². The molecular weight excluding hydrogens is 452 g/mol. The molecule has 0 unspecified atom stereocenters. The zero-order valence-corrected chi connectivity index (χ0v) is 20.2. The Kier molecular flexibility index (Phi) is 7.47. The van der Waals surface area contributed by atoms with E-state index in [-0.39, 0.29) is 10.8 Å². The zero-order chi connectivity index (χ0) is 24.9. The maximum absolute atomic E-state index is 12.9. The molecule has 0 spiro atoms. The Bertz CT molecular complexity index is 1330. The van der Waals surface area contributed by atoms with Gasteiger partial charge in [0.25, 0.3) is 15.9 Å². The van der Waals surface area contributed by atoms with Crippen molar-refractivity contribution in [1.82, 2.24) is 5.43 Å². The normalized spacial score (nSPS) is 11.6. The number of hydrogen-bond donors (Lipinski definition) is 2. The largest absolute Gasteiger partial charge is 0.326 e. The van der Waals surface area contributed by atoms with Crippen molar-refractivity contribution in [3.05, 3.63) is 89.5 Å². The number of carbonyl (C=O) groups excluding carboxylic acids is 2. The van der Waals surface area contributed by atoms with Crippen molar-refractivity contribution in [1.29, 1.82) is 0 Å². The van der Waals surface area contributed by atoms with E-state index in [2.05, 4.69) is 15.8 Å². The van der Waals surface area contributed by atoms with E-state index in [4.69, 9.17) is 0 Å². The lowest BCUT2D eigenvalue weighted by Gasteiger charge is -2.19. The van der Waals surface area contributed by atoms with Crippen molar-refractivity contribution in [2.75, 3.05) is 16.7 Å². The first kappa shape index (κ1) is 24.7. The summed E-state index contributed by atoms with van der Waals surface area (Å²) in [4.78, 5) is 23.9. The summed E-state index contributed by atoms with van der Waals surface area (Å²) in [5, 5.41) is 6.83. The minimum absolute atomic E-state index is 0.180. The van der Waals surface area contributed by atoms with Gasteiger partial charge in [0, 0.05) is 25.2 Å². The Morgan fingerprint density at radius 1 is 0.882 bits per heavy atom. The van der Waals surface area contributed by atoms with Crippen molar-refractivity contribution < 1.29 is 18.0 Å². The van der Waals surface area contributed by atoms with Gasteiger partial charge in [0.1, 0.15) is 0 Å². The average molecular weight is 479 g/mol. The fourth-order valence-corrected chi connectivity index (χ4v) is 4.31. The number of rotatable bonds is 7. The summed E-state index contributed by atoms with van der Waals surface area (Å²) in [5.74, 6) is -0.617. The van der Waals surface area contributed by atoms with E-state index in [1.54, 1.807) is 61.5 Å². The minimum Gasteiger partial charge on any atom is -0.326 e. The van der Waals surface area contributed by atoms with Gasteiger partial charge in [-0.15, -0.1) is 0 Å². The number of aryl methyl sites for hydroxylation is 1. The van der Waals surface area contributed by atoms with Gasteiger partial charge in [0.15, 0.2) is 0 Å². The molecule has 0 radical (unpaired) electrons. The van der Waals surface area contributed by atoms with E-state index in [9.17, 15) is 18.0 Å².